The summed E-state index contributed by atoms with van der Waals surface area (Å²) in [6, 6.07) is 13.9. The van der Waals surface area contributed by atoms with Crippen LogP contribution < -0.4 is 0 Å². The second kappa shape index (κ2) is 12.0. The van der Waals surface area contributed by atoms with Crippen LogP contribution in [0.1, 0.15) is 59.1 Å². The van der Waals surface area contributed by atoms with Gasteiger partial charge in [-0.25, -0.2) is 4.79 Å². The fraction of sp³-hybridized carbons (Fsp3) is 0.462. The van der Waals surface area contributed by atoms with E-state index in [2.05, 4.69) is 31.2 Å². The molecule has 2 heterocycles. The first-order valence-corrected chi connectivity index (χ1v) is 12.3. The Bertz CT molecular complexity index is 908. The Kier molecular flexibility index (Phi) is 9.06. The number of aryl methyl sites for hydroxylation is 2. The highest BCUT2D eigenvalue weighted by Gasteiger charge is 2.28. The molecule has 1 saturated heterocycles. The average Bonchev–Trinajstić information content (AvgIpc) is 3.40. The number of hydrogen-bond acceptors (Lipinski definition) is 4. The number of carboxylic acid groups (broad SMARTS) is 1. The third kappa shape index (κ3) is 7.04. The molecule has 6 heteroatoms. The molecule has 2 N–H and O–H groups in total. The lowest BCUT2D eigenvalue weighted by atomic mass is 9.95. The molecular weight excluding hydrogens is 422 g/mol. The summed E-state index contributed by atoms with van der Waals surface area (Å²) in [4.78, 5) is 26.6. The molecule has 1 aliphatic heterocycles. The van der Waals surface area contributed by atoms with Crippen LogP contribution in [0.3, 0.4) is 0 Å². The minimum Gasteiger partial charge on any atom is -0.477 e. The largest absolute Gasteiger partial charge is 0.477 e. The van der Waals surface area contributed by atoms with Gasteiger partial charge in [-0.05, 0) is 62.1 Å². The van der Waals surface area contributed by atoms with Gasteiger partial charge >= 0.3 is 5.97 Å². The van der Waals surface area contributed by atoms with Gasteiger partial charge in [0.15, 0.2) is 0 Å². The Morgan fingerprint density at radius 1 is 1.19 bits per heavy atom. The molecule has 32 heavy (non-hydrogen) atoms. The summed E-state index contributed by atoms with van der Waals surface area (Å²) in [5.74, 6) is -0.570. The van der Waals surface area contributed by atoms with Gasteiger partial charge in [0.05, 0.1) is 12.1 Å². The maximum absolute atomic E-state index is 12.3. The number of thiophene rings is 1. The van der Waals surface area contributed by atoms with Crippen molar-refractivity contribution in [2.45, 2.75) is 64.0 Å². The second-order valence-corrected chi connectivity index (χ2v) is 9.77. The second-order valence-electron chi connectivity index (χ2n) is 8.60. The Hall–Kier alpha value is -2.44. The van der Waals surface area contributed by atoms with E-state index in [-0.39, 0.29) is 17.9 Å². The van der Waals surface area contributed by atoms with Crippen LogP contribution in [0, 0.1) is 5.92 Å². The monoisotopic (exact) mass is 455 g/mol. The highest BCUT2D eigenvalue weighted by Crippen LogP contribution is 2.23. The highest BCUT2D eigenvalue weighted by molar-refractivity contribution is 7.13. The number of aliphatic hydroxyl groups is 1. The fourth-order valence-electron chi connectivity index (χ4n) is 4.17. The van der Waals surface area contributed by atoms with Gasteiger partial charge in [0.2, 0.25) is 5.91 Å². The van der Waals surface area contributed by atoms with Crippen LogP contribution in [0.15, 0.2) is 54.6 Å². The molecule has 0 bridgehead atoms. The van der Waals surface area contributed by atoms with Gasteiger partial charge in [-0.1, -0.05) is 49.4 Å². The van der Waals surface area contributed by atoms with Crippen LogP contribution in [0.5, 0.6) is 0 Å². The number of aliphatic hydroxyl groups excluding tert-OH is 1. The molecule has 1 aromatic heterocycles. The van der Waals surface area contributed by atoms with E-state index in [1.807, 2.05) is 29.2 Å². The number of hydrogen-bond donors (Lipinski definition) is 2. The van der Waals surface area contributed by atoms with Gasteiger partial charge in [0, 0.05) is 17.8 Å². The van der Waals surface area contributed by atoms with E-state index in [0.717, 1.165) is 43.4 Å². The van der Waals surface area contributed by atoms with Crippen LogP contribution in [0.25, 0.3) is 0 Å². The van der Waals surface area contributed by atoms with E-state index >= 15 is 0 Å². The third-order valence-corrected chi connectivity index (χ3v) is 7.28. The fourth-order valence-corrected chi connectivity index (χ4v) is 5.06. The minimum atomic E-state index is -0.894. The number of rotatable bonds is 12. The van der Waals surface area contributed by atoms with Crippen molar-refractivity contribution in [2.75, 3.05) is 6.54 Å². The molecule has 3 atom stereocenters. The summed E-state index contributed by atoms with van der Waals surface area (Å²) in [7, 11) is 0. The summed E-state index contributed by atoms with van der Waals surface area (Å²) in [5.41, 5.74) is 1.33. The molecular formula is C26H33NO4S. The van der Waals surface area contributed by atoms with Crippen LogP contribution in [-0.2, 0) is 17.6 Å². The molecule has 0 spiro atoms. The van der Waals surface area contributed by atoms with E-state index in [4.69, 9.17) is 5.11 Å². The molecule has 2 aromatic rings. The van der Waals surface area contributed by atoms with Crippen LogP contribution >= 0.6 is 11.3 Å². The standard InChI is InChI=1S/C26H33NO4S/c1-19(7-5-10-20-8-3-2-4-9-20)23(28)15-12-21-13-17-25(29)27(21)18-6-11-22-14-16-24(32-22)26(30)31/h2-4,8-9,12,14-16,19,21,23,28H,5-7,10-11,13,17-18H2,1H3,(H,30,31)/t19-,21?,23-/m1/s1. The van der Waals surface area contributed by atoms with Crippen molar-refractivity contribution >= 4 is 23.2 Å². The van der Waals surface area contributed by atoms with E-state index in [1.165, 1.54) is 16.9 Å². The molecule has 1 aromatic carbocycles. The summed E-state index contributed by atoms with van der Waals surface area (Å²) in [5, 5.41) is 19.6. The van der Waals surface area contributed by atoms with Crippen molar-refractivity contribution in [3.8, 4) is 0 Å². The van der Waals surface area contributed by atoms with Crippen LogP contribution in [0.2, 0.25) is 0 Å². The lowest BCUT2D eigenvalue weighted by molar-refractivity contribution is -0.128. The van der Waals surface area contributed by atoms with Gasteiger partial charge in [-0.2, -0.15) is 0 Å². The maximum atomic E-state index is 12.3. The topological polar surface area (TPSA) is 77.8 Å². The van der Waals surface area contributed by atoms with Gasteiger partial charge in [0.25, 0.3) is 0 Å². The Labute approximate surface area is 194 Å². The third-order valence-electron chi connectivity index (χ3n) is 6.15. The maximum Gasteiger partial charge on any atom is 0.345 e. The van der Waals surface area contributed by atoms with Gasteiger partial charge in [0.1, 0.15) is 4.88 Å². The van der Waals surface area contributed by atoms with Gasteiger partial charge in [-0.15, -0.1) is 11.3 Å². The number of nitrogens with zero attached hydrogens (tertiary/aromatic N) is 1. The van der Waals surface area contributed by atoms with Gasteiger partial charge in [-0.3, -0.25) is 4.79 Å². The van der Waals surface area contributed by atoms with E-state index in [0.29, 0.717) is 17.8 Å². The average molecular weight is 456 g/mol. The Morgan fingerprint density at radius 3 is 2.69 bits per heavy atom. The number of likely N-dealkylation sites (tertiary alicyclic amines) is 1. The number of carbonyl (C=O) groups excluding carboxylic acids is 1. The van der Waals surface area contributed by atoms with Crippen molar-refractivity contribution in [2.24, 2.45) is 5.92 Å². The smallest absolute Gasteiger partial charge is 0.345 e. The summed E-state index contributed by atoms with van der Waals surface area (Å²) >= 11 is 1.30. The molecule has 0 radical (unpaired) electrons. The molecule has 1 fully saturated rings. The molecule has 3 rings (SSSR count). The molecule has 5 nitrogen and oxygen atoms in total. The minimum absolute atomic E-state index is 0.0339. The first-order valence-electron chi connectivity index (χ1n) is 11.5. The number of carbonyl (C=O) groups is 2. The summed E-state index contributed by atoms with van der Waals surface area (Å²) in [6.45, 7) is 2.72. The molecule has 0 saturated carbocycles. The van der Waals surface area contributed by atoms with Crippen molar-refractivity contribution in [1.29, 1.82) is 0 Å². The lowest BCUT2D eigenvalue weighted by Crippen LogP contribution is -2.33. The zero-order valence-electron chi connectivity index (χ0n) is 18.7. The van der Waals surface area contributed by atoms with Crippen molar-refractivity contribution in [3.05, 3.63) is 69.9 Å². The quantitative estimate of drug-likeness (QED) is 0.444. The highest BCUT2D eigenvalue weighted by atomic mass is 32.1. The van der Waals surface area contributed by atoms with Crippen molar-refractivity contribution in [1.82, 2.24) is 4.90 Å². The van der Waals surface area contributed by atoms with Crippen LogP contribution in [-0.4, -0.2) is 45.7 Å². The Morgan fingerprint density at radius 2 is 1.97 bits per heavy atom. The number of carboxylic acids is 1. The van der Waals surface area contributed by atoms with Crippen molar-refractivity contribution < 1.29 is 19.8 Å². The van der Waals surface area contributed by atoms with E-state index in [1.54, 1.807) is 6.07 Å². The van der Waals surface area contributed by atoms with E-state index in [9.17, 15) is 14.7 Å². The first-order chi connectivity index (χ1) is 15.4. The molecule has 172 valence electrons. The van der Waals surface area contributed by atoms with Gasteiger partial charge < -0.3 is 15.1 Å². The zero-order valence-corrected chi connectivity index (χ0v) is 19.5. The SMILES string of the molecule is C[C@H](CCCc1ccccc1)[C@H](O)C=CC1CCC(=O)N1CCCc1ccc(C(=O)O)s1. The molecule has 1 amide bonds. The van der Waals surface area contributed by atoms with Crippen LogP contribution in [0.4, 0.5) is 0 Å². The number of aromatic carboxylic acids is 1. The molecule has 1 unspecified atom stereocenters. The summed E-state index contributed by atoms with van der Waals surface area (Å²) in [6.07, 6.45) is 9.25. The zero-order chi connectivity index (χ0) is 22.9. The molecule has 1 aliphatic rings. The normalized spacial score (nSPS) is 18.4. The molecule has 0 aliphatic carbocycles. The first kappa shape index (κ1) is 24.2. The predicted octanol–water partition coefficient (Wildman–Crippen LogP) is 4.95. The Balaban J connectivity index is 1.43. The summed E-state index contributed by atoms with van der Waals surface area (Å²) < 4.78 is 0. The van der Waals surface area contributed by atoms with Crippen molar-refractivity contribution in [3.63, 3.8) is 0 Å². The predicted molar refractivity (Wildman–Crippen MR) is 128 cm³/mol. The van der Waals surface area contributed by atoms with E-state index < -0.39 is 12.1 Å². The number of benzene rings is 1. The number of amides is 1. The lowest BCUT2D eigenvalue weighted by Gasteiger charge is -2.23.